The van der Waals surface area contributed by atoms with E-state index in [1.54, 1.807) is 0 Å². The van der Waals surface area contributed by atoms with Crippen molar-refractivity contribution in [2.45, 2.75) is 37.8 Å². The minimum atomic E-state index is 0.476. The lowest BCUT2D eigenvalue weighted by Crippen LogP contribution is -2.39. The van der Waals surface area contributed by atoms with E-state index in [9.17, 15) is 0 Å². The van der Waals surface area contributed by atoms with E-state index < -0.39 is 0 Å². The van der Waals surface area contributed by atoms with Crippen LogP contribution in [0, 0.1) is 5.92 Å². The molecular weight excluding hydrogens is 194 g/mol. The van der Waals surface area contributed by atoms with Crippen LogP contribution < -0.4 is 5.32 Å². The number of methoxy groups -OCH3 is 1. The molecule has 2 nitrogen and oxygen atoms in total. The van der Waals surface area contributed by atoms with Gasteiger partial charge in [-0.25, -0.2) is 0 Å². The summed E-state index contributed by atoms with van der Waals surface area (Å²) in [5.74, 6) is 3.64. The third kappa shape index (κ3) is 2.65. The quantitative estimate of drug-likeness (QED) is 0.774. The van der Waals surface area contributed by atoms with Gasteiger partial charge in [-0.2, -0.15) is 11.8 Å². The molecule has 0 bridgehead atoms. The summed E-state index contributed by atoms with van der Waals surface area (Å²) >= 11 is 2.10. The molecule has 3 heteroatoms. The largest absolute Gasteiger partial charge is 0.380 e. The highest BCUT2D eigenvalue weighted by molar-refractivity contribution is 7.99. The van der Waals surface area contributed by atoms with Crippen molar-refractivity contribution in [1.29, 1.82) is 0 Å². The van der Waals surface area contributed by atoms with E-state index in [1.165, 1.54) is 43.7 Å². The molecule has 0 radical (unpaired) electrons. The topological polar surface area (TPSA) is 21.3 Å². The first kappa shape index (κ1) is 10.8. The van der Waals surface area contributed by atoms with Gasteiger partial charge in [0.2, 0.25) is 0 Å². The monoisotopic (exact) mass is 215 g/mol. The van der Waals surface area contributed by atoms with E-state index in [0.29, 0.717) is 12.1 Å². The second kappa shape index (κ2) is 5.38. The summed E-state index contributed by atoms with van der Waals surface area (Å²) < 4.78 is 5.47. The smallest absolute Gasteiger partial charge is 0.0724 e. The zero-order valence-corrected chi connectivity index (χ0v) is 9.81. The van der Waals surface area contributed by atoms with Crippen LogP contribution in [-0.4, -0.2) is 37.3 Å². The second-order valence-corrected chi connectivity index (χ2v) is 5.60. The Balaban J connectivity index is 1.68. The Bertz CT molecular complexity index is 171. The molecule has 0 amide bonds. The summed E-state index contributed by atoms with van der Waals surface area (Å²) in [5.41, 5.74) is 0. The van der Waals surface area contributed by atoms with Crippen LogP contribution in [0.25, 0.3) is 0 Å². The number of nitrogens with one attached hydrogen (secondary N) is 1. The summed E-state index contributed by atoms with van der Waals surface area (Å²) in [5, 5.41) is 3.69. The summed E-state index contributed by atoms with van der Waals surface area (Å²) in [4.78, 5) is 0. The van der Waals surface area contributed by atoms with Crippen molar-refractivity contribution >= 4 is 11.8 Å². The van der Waals surface area contributed by atoms with Crippen LogP contribution >= 0.6 is 11.8 Å². The molecule has 0 aromatic carbocycles. The minimum Gasteiger partial charge on any atom is -0.380 e. The van der Waals surface area contributed by atoms with Gasteiger partial charge in [0.05, 0.1) is 6.10 Å². The first-order valence-electron chi connectivity index (χ1n) is 5.74. The maximum Gasteiger partial charge on any atom is 0.0724 e. The molecule has 2 fully saturated rings. The molecule has 1 saturated heterocycles. The van der Waals surface area contributed by atoms with Gasteiger partial charge < -0.3 is 10.1 Å². The SMILES string of the molecule is COC1CCCC1NCC1CCSC1. The van der Waals surface area contributed by atoms with Gasteiger partial charge in [0.15, 0.2) is 0 Å². The van der Waals surface area contributed by atoms with Gasteiger partial charge in [-0.3, -0.25) is 0 Å². The number of hydrogen-bond acceptors (Lipinski definition) is 3. The molecule has 0 aromatic rings. The Morgan fingerprint density at radius 3 is 3.00 bits per heavy atom. The molecule has 0 aromatic heterocycles. The number of hydrogen-bond donors (Lipinski definition) is 1. The zero-order chi connectivity index (χ0) is 9.80. The fourth-order valence-corrected chi connectivity index (χ4v) is 3.79. The van der Waals surface area contributed by atoms with Crippen molar-refractivity contribution in [2.24, 2.45) is 5.92 Å². The van der Waals surface area contributed by atoms with Crippen LogP contribution in [0.3, 0.4) is 0 Å². The third-order valence-corrected chi connectivity index (χ3v) is 4.68. The van der Waals surface area contributed by atoms with Gasteiger partial charge in [0, 0.05) is 13.2 Å². The van der Waals surface area contributed by atoms with Gasteiger partial charge >= 0.3 is 0 Å². The Kier molecular flexibility index (Phi) is 4.14. The second-order valence-electron chi connectivity index (χ2n) is 4.45. The first-order chi connectivity index (χ1) is 6.90. The zero-order valence-electron chi connectivity index (χ0n) is 9.00. The normalized spacial score (nSPS) is 37.9. The molecule has 1 heterocycles. The van der Waals surface area contributed by atoms with Crippen LogP contribution in [0.15, 0.2) is 0 Å². The van der Waals surface area contributed by atoms with Gasteiger partial charge in [0.25, 0.3) is 0 Å². The molecule has 1 aliphatic carbocycles. The predicted molar refractivity (Wildman–Crippen MR) is 61.9 cm³/mol. The standard InChI is InChI=1S/C11H21NOS/c1-13-11-4-2-3-10(11)12-7-9-5-6-14-8-9/h9-12H,2-8H2,1H3. The minimum absolute atomic E-state index is 0.476. The van der Waals surface area contributed by atoms with Crippen LogP contribution in [0.1, 0.15) is 25.7 Å². The van der Waals surface area contributed by atoms with Crippen molar-refractivity contribution < 1.29 is 4.74 Å². The molecule has 3 atom stereocenters. The molecule has 1 saturated carbocycles. The Morgan fingerprint density at radius 1 is 1.36 bits per heavy atom. The highest BCUT2D eigenvalue weighted by Crippen LogP contribution is 2.25. The van der Waals surface area contributed by atoms with Crippen molar-refractivity contribution in [3.8, 4) is 0 Å². The molecule has 2 rings (SSSR count). The lowest BCUT2D eigenvalue weighted by molar-refractivity contribution is 0.0842. The van der Waals surface area contributed by atoms with E-state index in [0.717, 1.165) is 5.92 Å². The lowest BCUT2D eigenvalue weighted by atomic mass is 10.1. The predicted octanol–water partition coefficient (Wildman–Crippen LogP) is 1.90. The highest BCUT2D eigenvalue weighted by Gasteiger charge is 2.27. The summed E-state index contributed by atoms with van der Waals surface area (Å²) in [6.07, 6.45) is 5.76. The summed E-state index contributed by atoms with van der Waals surface area (Å²) in [7, 11) is 1.84. The number of thioether (sulfide) groups is 1. The van der Waals surface area contributed by atoms with Gasteiger partial charge in [-0.15, -0.1) is 0 Å². The summed E-state index contributed by atoms with van der Waals surface area (Å²) in [6.45, 7) is 1.21. The Hall–Kier alpha value is 0.270. The van der Waals surface area contributed by atoms with Gasteiger partial charge in [-0.1, -0.05) is 0 Å². The van der Waals surface area contributed by atoms with E-state index in [4.69, 9.17) is 4.74 Å². The molecule has 2 aliphatic rings. The van der Waals surface area contributed by atoms with E-state index in [2.05, 4.69) is 17.1 Å². The lowest BCUT2D eigenvalue weighted by Gasteiger charge is -2.21. The van der Waals surface area contributed by atoms with Crippen molar-refractivity contribution in [3.05, 3.63) is 0 Å². The van der Waals surface area contributed by atoms with E-state index in [-0.39, 0.29) is 0 Å². The molecule has 3 unspecified atom stereocenters. The number of ether oxygens (including phenoxy) is 1. The third-order valence-electron chi connectivity index (χ3n) is 3.45. The van der Waals surface area contributed by atoms with E-state index in [1.807, 2.05) is 7.11 Å². The molecular formula is C11H21NOS. The van der Waals surface area contributed by atoms with Crippen LogP contribution in [0.5, 0.6) is 0 Å². The fraction of sp³-hybridized carbons (Fsp3) is 1.00. The fourth-order valence-electron chi connectivity index (χ4n) is 2.50. The molecule has 14 heavy (non-hydrogen) atoms. The molecule has 82 valence electrons. The van der Waals surface area contributed by atoms with Gasteiger partial charge in [0.1, 0.15) is 0 Å². The van der Waals surface area contributed by atoms with Crippen molar-refractivity contribution in [1.82, 2.24) is 5.32 Å². The van der Waals surface area contributed by atoms with Crippen LogP contribution in [0.4, 0.5) is 0 Å². The molecule has 1 aliphatic heterocycles. The molecule has 1 N–H and O–H groups in total. The summed E-state index contributed by atoms with van der Waals surface area (Å²) in [6, 6.07) is 0.630. The van der Waals surface area contributed by atoms with Crippen LogP contribution in [-0.2, 0) is 4.74 Å². The Morgan fingerprint density at radius 2 is 2.29 bits per heavy atom. The Labute approximate surface area is 91.2 Å². The molecule has 0 spiro atoms. The maximum absolute atomic E-state index is 5.47. The average molecular weight is 215 g/mol. The van der Waals surface area contributed by atoms with Gasteiger partial charge in [-0.05, 0) is 49.7 Å². The van der Waals surface area contributed by atoms with Crippen molar-refractivity contribution in [3.63, 3.8) is 0 Å². The van der Waals surface area contributed by atoms with Crippen molar-refractivity contribution in [2.75, 3.05) is 25.2 Å². The highest BCUT2D eigenvalue weighted by atomic mass is 32.2. The number of rotatable bonds is 4. The van der Waals surface area contributed by atoms with E-state index >= 15 is 0 Å². The van der Waals surface area contributed by atoms with Crippen LogP contribution in [0.2, 0.25) is 0 Å². The first-order valence-corrected chi connectivity index (χ1v) is 6.89. The average Bonchev–Trinajstić information content (AvgIpc) is 2.85. The maximum atomic E-state index is 5.47.